The second-order valence-electron chi connectivity index (χ2n) is 8.70. The van der Waals surface area contributed by atoms with Gasteiger partial charge in [0.1, 0.15) is 0 Å². The van der Waals surface area contributed by atoms with Crippen molar-refractivity contribution in [3.8, 4) is 0 Å². The second kappa shape index (κ2) is 6.54. The number of halogens is 1. The molecule has 3 unspecified atom stereocenters. The third kappa shape index (κ3) is 2.87. The summed E-state index contributed by atoms with van der Waals surface area (Å²) < 4.78 is 1.88. The van der Waals surface area contributed by atoms with Gasteiger partial charge in [0, 0.05) is 6.04 Å². The predicted octanol–water partition coefficient (Wildman–Crippen LogP) is 2.57. The van der Waals surface area contributed by atoms with Gasteiger partial charge in [-0.15, -0.1) is 17.5 Å². The Morgan fingerprint density at radius 1 is 1.28 bits per heavy atom. The molecule has 4 rings (SSSR count). The Morgan fingerprint density at radius 2 is 2.00 bits per heavy atom. The summed E-state index contributed by atoms with van der Waals surface area (Å²) in [6.07, 6.45) is 7.50. The van der Waals surface area contributed by atoms with Gasteiger partial charge in [-0.25, -0.2) is 4.68 Å². The number of nitrogens with zero attached hydrogens (tertiary/aromatic N) is 3. The minimum Gasteiger partial charge on any atom is -0.347 e. The summed E-state index contributed by atoms with van der Waals surface area (Å²) in [7, 11) is 0. The van der Waals surface area contributed by atoms with E-state index in [-0.39, 0.29) is 29.8 Å². The van der Waals surface area contributed by atoms with Gasteiger partial charge >= 0.3 is 0 Å². The zero-order chi connectivity index (χ0) is 16.9. The number of carbonyl (C=O) groups is 1. The number of rotatable bonds is 3. The number of hydrogen-bond acceptors (Lipinski definition) is 4. The maximum Gasteiger partial charge on any atom is 0.273 e. The molecule has 3 fully saturated rings. The number of piperidine rings is 1. The molecule has 6 nitrogen and oxygen atoms in total. The van der Waals surface area contributed by atoms with Crippen molar-refractivity contribution in [1.29, 1.82) is 0 Å². The number of aromatic nitrogens is 3. The largest absolute Gasteiger partial charge is 0.347 e. The first-order chi connectivity index (χ1) is 11.4. The van der Waals surface area contributed by atoms with E-state index in [1.807, 2.05) is 10.9 Å². The third-order valence-corrected chi connectivity index (χ3v) is 7.53. The van der Waals surface area contributed by atoms with Crippen LogP contribution in [0.1, 0.15) is 69.4 Å². The summed E-state index contributed by atoms with van der Waals surface area (Å²) in [6.45, 7) is 9.08. The zero-order valence-corrected chi connectivity index (χ0v) is 16.2. The van der Waals surface area contributed by atoms with Crippen LogP contribution in [-0.2, 0) is 0 Å². The molecule has 7 heteroatoms. The minimum atomic E-state index is -0.0650. The van der Waals surface area contributed by atoms with E-state index in [9.17, 15) is 4.79 Å². The van der Waals surface area contributed by atoms with E-state index < -0.39 is 0 Å². The minimum absolute atomic E-state index is 0. The lowest BCUT2D eigenvalue weighted by molar-refractivity contribution is 0.0821. The molecule has 2 aliphatic carbocycles. The molecular formula is C18H30ClN5O. The standard InChI is InChI=1S/C18H29N5O.ClH/c1-17(2)12-4-7-18(17,3)15(10-12)20-16(24)14-11-23(22-21-14)13-5-8-19-9-6-13;/h11-13,15,19H,4-10H2,1-3H3,(H,20,24);1H. The molecule has 2 saturated carbocycles. The fourth-order valence-electron chi connectivity index (χ4n) is 5.28. The van der Waals surface area contributed by atoms with Crippen molar-refractivity contribution in [2.24, 2.45) is 16.7 Å². The van der Waals surface area contributed by atoms with Crippen LogP contribution in [0, 0.1) is 16.7 Å². The van der Waals surface area contributed by atoms with Crippen LogP contribution in [0.4, 0.5) is 0 Å². The fraction of sp³-hybridized carbons (Fsp3) is 0.833. The lowest BCUT2D eigenvalue weighted by atomic mass is 9.69. The number of amides is 1. The molecular weight excluding hydrogens is 338 g/mol. The molecule has 2 bridgehead atoms. The van der Waals surface area contributed by atoms with Gasteiger partial charge in [-0.2, -0.15) is 0 Å². The zero-order valence-electron chi connectivity index (χ0n) is 15.4. The van der Waals surface area contributed by atoms with Crippen LogP contribution in [-0.4, -0.2) is 40.0 Å². The number of fused-ring (bicyclic) bond motifs is 2. The maximum atomic E-state index is 12.7. The summed E-state index contributed by atoms with van der Waals surface area (Å²) in [6, 6.07) is 0.613. The molecule has 0 spiro atoms. The molecule has 0 radical (unpaired) electrons. The Labute approximate surface area is 155 Å². The van der Waals surface area contributed by atoms with Gasteiger partial charge in [-0.1, -0.05) is 26.0 Å². The number of hydrogen-bond donors (Lipinski definition) is 2. The summed E-state index contributed by atoms with van der Waals surface area (Å²) in [4.78, 5) is 12.7. The van der Waals surface area contributed by atoms with Crippen LogP contribution < -0.4 is 10.6 Å². The molecule has 1 aromatic heterocycles. The van der Waals surface area contributed by atoms with Gasteiger partial charge in [0.2, 0.25) is 0 Å². The van der Waals surface area contributed by atoms with Crippen LogP contribution in [0.25, 0.3) is 0 Å². The number of nitrogens with one attached hydrogen (secondary N) is 2. The molecule has 140 valence electrons. The molecule has 1 amide bonds. The molecule has 1 aromatic rings. The Balaban J connectivity index is 0.00000182. The second-order valence-corrected chi connectivity index (χ2v) is 8.70. The van der Waals surface area contributed by atoms with E-state index >= 15 is 0 Å². The molecule has 2 heterocycles. The molecule has 3 aliphatic rings. The Bertz CT molecular complexity index is 639. The van der Waals surface area contributed by atoms with Crippen molar-refractivity contribution in [3.63, 3.8) is 0 Å². The topological polar surface area (TPSA) is 71.8 Å². The van der Waals surface area contributed by atoms with Crippen molar-refractivity contribution in [1.82, 2.24) is 25.6 Å². The first-order valence-electron chi connectivity index (χ1n) is 9.35. The van der Waals surface area contributed by atoms with E-state index in [4.69, 9.17) is 0 Å². The van der Waals surface area contributed by atoms with Crippen LogP contribution in [0.15, 0.2) is 6.20 Å². The van der Waals surface area contributed by atoms with E-state index in [0.717, 1.165) is 38.3 Å². The maximum absolute atomic E-state index is 12.7. The van der Waals surface area contributed by atoms with E-state index in [2.05, 4.69) is 41.7 Å². The Morgan fingerprint density at radius 3 is 2.60 bits per heavy atom. The molecule has 25 heavy (non-hydrogen) atoms. The van der Waals surface area contributed by atoms with Crippen LogP contribution in [0.5, 0.6) is 0 Å². The van der Waals surface area contributed by atoms with Gasteiger partial charge in [0.05, 0.1) is 12.2 Å². The van der Waals surface area contributed by atoms with Crippen molar-refractivity contribution < 1.29 is 4.79 Å². The van der Waals surface area contributed by atoms with Crippen molar-refractivity contribution >= 4 is 18.3 Å². The lowest BCUT2D eigenvalue weighted by Crippen LogP contribution is -2.47. The summed E-state index contributed by atoms with van der Waals surface area (Å²) >= 11 is 0. The first kappa shape index (κ1) is 18.6. The Kier molecular flexibility index (Phi) is 4.88. The first-order valence-corrected chi connectivity index (χ1v) is 9.35. The normalized spacial score (nSPS) is 33.9. The average molecular weight is 368 g/mol. The summed E-state index contributed by atoms with van der Waals surface area (Å²) in [5, 5.41) is 15.0. The van der Waals surface area contributed by atoms with E-state index in [0.29, 0.717) is 17.2 Å². The van der Waals surface area contributed by atoms with Gasteiger partial charge in [-0.3, -0.25) is 4.79 Å². The van der Waals surface area contributed by atoms with E-state index in [1.165, 1.54) is 12.8 Å². The highest BCUT2D eigenvalue weighted by atomic mass is 35.5. The summed E-state index contributed by atoms with van der Waals surface area (Å²) in [5.41, 5.74) is 0.952. The van der Waals surface area contributed by atoms with Gasteiger partial charge in [0.15, 0.2) is 5.69 Å². The van der Waals surface area contributed by atoms with Crippen LogP contribution >= 0.6 is 12.4 Å². The molecule has 2 N–H and O–H groups in total. The van der Waals surface area contributed by atoms with Crippen LogP contribution in [0.2, 0.25) is 0 Å². The molecule has 1 aliphatic heterocycles. The third-order valence-electron chi connectivity index (χ3n) is 7.53. The van der Waals surface area contributed by atoms with Crippen molar-refractivity contribution in [3.05, 3.63) is 11.9 Å². The molecule has 3 atom stereocenters. The number of carbonyl (C=O) groups excluding carboxylic acids is 1. The monoisotopic (exact) mass is 367 g/mol. The Hall–Kier alpha value is -1.14. The SMILES string of the molecule is CC1(C)C2CCC1(C)C(NC(=O)c1cn(C3CCNCC3)nn1)C2.Cl. The van der Waals surface area contributed by atoms with Gasteiger partial charge < -0.3 is 10.6 Å². The van der Waals surface area contributed by atoms with E-state index in [1.54, 1.807) is 0 Å². The van der Waals surface area contributed by atoms with Crippen molar-refractivity contribution in [2.45, 2.75) is 65.0 Å². The van der Waals surface area contributed by atoms with Crippen molar-refractivity contribution in [2.75, 3.05) is 13.1 Å². The molecule has 0 aromatic carbocycles. The van der Waals surface area contributed by atoms with Gasteiger partial charge in [0.25, 0.3) is 5.91 Å². The average Bonchev–Trinajstić information content (AvgIpc) is 3.19. The summed E-state index contributed by atoms with van der Waals surface area (Å²) in [5.74, 6) is 0.656. The van der Waals surface area contributed by atoms with Crippen LogP contribution in [0.3, 0.4) is 0 Å². The highest BCUT2D eigenvalue weighted by Gasteiger charge is 2.61. The lowest BCUT2D eigenvalue weighted by Gasteiger charge is -2.39. The highest BCUT2D eigenvalue weighted by molar-refractivity contribution is 5.92. The highest BCUT2D eigenvalue weighted by Crippen LogP contribution is 2.65. The fourth-order valence-corrected chi connectivity index (χ4v) is 5.28. The quantitative estimate of drug-likeness (QED) is 0.861. The van der Waals surface area contributed by atoms with Gasteiger partial charge in [-0.05, 0) is 61.9 Å². The predicted molar refractivity (Wildman–Crippen MR) is 98.9 cm³/mol. The molecule has 1 saturated heterocycles. The smallest absolute Gasteiger partial charge is 0.273 e.